The molecule has 0 aliphatic carbocycles. The molecular formula is C26H25FN4O6S. The lowest BCUT2D eigenvalue weighted by atomic mass is 10.0. The third-order valence-electron chi connectivity index (χ3n) is 6.11. The number of hydrogen-bond acceptors (Lipinski definition) is 9. The van der Waals surface area contributed by atoms with Crippen LogP contribution in [0.3, 0.4) is 0 Å². The predicted molar refractivity (Wildman–Crippen MR) is 135 cm³/mol. The molecule has 4 rings (SSSR count). The number of ether oxygens (including phenoxy) is 2. The largest absolute Gasteiger partial charge is 0.494 e. The molecule has 2 aromatic carbocycles. The van der Waals surface area contributed by atoms with E-state index in [4.69, 9.17) is 19.2 Å². The van der Waals surface area contributed by atoms with Gasteiger partial charge in [0.25, 0.3) is 0 Å². The highest BCUT2D eigenvalue weighted by Gasteiger charge is 2.33. The van der Waals surface area contributed by atoms with Crippen LogP contribution in [0, 0.1) is 24.1 Å². The number of hydrogen-bond donors (Lipinski definition) is 1. The molecule has 0 saturated heterocycles. The third-order valence-corrected chi connectivity index (χ3v) is 8.16. The highest BCUT2D eigenvalue weighted by atomic mass is 32.2. The van der Waals surface area contributed by atoms with Gasteiger partial charge in [0.1, 0.15) is 40.6 Å². The van der Waals surface area contributed by atoms with Gasteiger partial charge >= 0.3 is 0 Å². The van der Waals surface area contributed by atoms with Gasteiger partial charge in [-0.15, -0.1) is 10.2 Å². The number of aryl methyl sites for hydroxylation is 1. The number of aliphatic hydroxyl groups excluding tert-OH is 1. The van der Waals surface area contributed by atoms with Crippen molar-refractivity contribution in [2.24, 2.45) is 0 Å². The summed E-state index contributed by atoms with van der Waals surface area (Å²) in [5.41, 5.74) is 0.160. The molecule has 0 aliphatic heterocycles. The Hall–Kier alpha value is -4.21. The smallest absolute Gasteiger partial charge is 0.204 e. The number of furan rings is 1. The Balaban J connectivity index is 1.81. The quantitative estimate of drug-likeness (QED) is 0.335. The summed E-state index contributed by atoms with van der Waals surface area (Å²) in [6.07, 6.45) is -1.53. The van der Waals surface area contributed by atoms with E-state index in [1.54, 1.807) is 43.3 Å². The Morgan fingerprint density at radius 2 is 1.82 bits per heavy atom. The lowest BCUT2D eigenvalue weighted by Crippen LogP contribution is -2.28. The average Bonchev–Trinajstić information content (AvgIpc) is 3.52. The predicted octanol–water partition coefficient (Wildman–Crippen LogP) is 3.90. The molecule has 38 heavy (non-hydrogen) atoms. The molecule has 0 saturated carbocycles. The molecule has 1 N–H and O–H groups in total. The Morgan fingerprint density at radius 3 is 2.39 bits per heavy atom. The zero-order valence-corrected chi connectivity index (χ0v) is 21.9. The summed E-state index contributed by atoms with van der Waals surface area (Å²) in [6, 6.07) is 13.6. The molecule has 0 fully saturated rings. The van der Waals surface area contributed by atoms with Crippen LogP contribution in [0.4, 0.5) is 4.39 Å². The zero-order chi connectivity index (χ0) is 27.6. The van der Waals surface area contributed by atoms with Crippen LogP contribution in [0.1, 0.15) is 35.7 Å². The van der Waals surface area contributed by atoms with E-state index in [9.17, 15) is 17.9 Å². The Kier molecular flexibility index (Phi) is 7.52. The van der Waals surface area contributed by atoms with Gasteiger partial charge in [0, 0.05) is 0 Å². The highest BCUT2D eigenvalue weighted by Crippen LogP contribution is 2.37. The first-order chi connectivity index (χ1) is 18.1. The average molecular weight is 541 g/mol. The fourth-order valence-corrected chi connectivity index (χ4v) is 5.36. The van der Waals surface area contributed by atoms with Crippen LogP contribution in [0.5, 0.6) is 11.5 Å². The summed E-state index contributed by atoms with van der Waals surface area (Å²) in [7, 11) is -1.16. The minimum Gasteiger partial charge on any atom is -0.494 e. The number of benzene rings is 2. The van der Waals surface area contributed by atoms with Crippen molar-refractivity contribution in [3.63, 3.8) is 0 Å². The maximum atomic E-state index is 13.8. The molecule has 0 amide bonds. The van der Waals surface area contributed by atoms with Gasteiger partial charge in [-0.25, -0.2) is 12.8 Å². The summed E-state index contributed by atoms with van der Waals surface area (Å²) in [5.74, 6) is 0.554. The van der Waals surface area contributed by atoms with Crippen molar-refractivity contribution in [1.29, 1.82) is 5.26 Å². The summed E-state index contributed by atoms with van der Waals surface area (Å²) < 4.78 is 59.1. The molecule has 0 aliphatic rings. The molecule has 2 heterocycles. The van der Waals surface area contributed by atoms with E-state index in [1.807, 2.05) is 0 Å². The molecule has 10 nitrogen and oxygen atoms in total. The number of nitrogens with zero attached hydrogens (tertiary/aromatic N) is 4. The highest BCUT2D eigenvalue weighted by molar-refractivity contribution is 7.91. The SMILES string of the molecule is COc1cccc(OC)c1-n1c(CS(=O)(=O)[C@@H](C)[C@H](O)c2ccc(F)c(C#N)c2)nnc1-c1ccc(C)o1. The number of aliphatic hydroxyl groups is 1. The Morgan fingerprint density at radius 1 is 1.13 bits per heavy atom. The normalized spacial score (nSPS) is 13.1. The fourth-order valence-electron chi connectivity index (χ4n) is 4.00. The van der Waals surface area contributed by atoms with Crippen LogP contribution in [0.2, 0.25) is 0 Å². The van der Waals surface area contributed by atoms with Crippen molar-refractivity contribution in [3.8, 4) is 34.8 Å². The molecule has 0 radical (unpaired) electrons. The monoisotopic (exact) mass is 540 g/mol. The lowest BCUT2D eigenvalue weighted by Gasteiger charge is -2.21. The summed E-state index contributed by atoms with van der Waals surface area (Å²) in [6.45, 7) is 3.09. The molecule has 0 spiro atoms. The number of rotatable bonds is 9. The fraction of sp³-hybridized carbons (Fsp3) is 0.269. The van der Waals surface area contributed by atoms with E-state index in [2.05, 4.69) is 10.2 Å². The molecule has 0 unspecified atom stereocenters. The molecule has 0 bridgehead atoms. The first kappa shape index (κ1) is 26.8. The minimum absolute atomic E-state index is 0.0210. The van der Waals surface area contributed by atoms with Crippen molar-refractivity contribution in [3.05, 3.63) is 77.1 Å². The topological polar surface area (TPSA) is 140 Å². The maximum Gasteiger partial charge on any atom is 0.204 e. The van der Waals surface area contributed by atoms with E-state index < -0.39 is 32.8 Å². The van der Waals surface area contributed by atoms with Gasteiger partial charge in [-0.3, -0.25) is 4.57 Å². The second-order valence-corrected chi connectivity index (χ2v) is 10.9. The van der Waals surface area contributed by atoms with E-state index in [1.165, 1.54) is 31.8 Å². The van der Waals surface area contributed by atoms with Crippen LogP contribution >= 0.6 is 0 Å². The third kappa shape index (κ3) is 4.98. The number of aromatic nitrogens is 3. The van der Waals surface area contributed by atoms with Crippen LogP contribution < -0.4 is 9.47 Å². The molecule has 2 aromatic heterocycles. The molecule has 2 atom stereocenters. The van der Waals surface area contributed by atoms with E-state index >= 15 is 0 Å². The summed E-state index contributed by atoms with van der Waals surface area (Å²) in [5, 5.41) is 27.0. The van der Waals surface area contributed by atoms with Crippen LogP contribution in [0.15, 0.2) is 52.9 Å². The van der Waals surface area contributed by atoms with Gasteiger partial charge in [0.05, 0.1) is 31.1 Å². The van der Waals surface area contributed by atoms with Crippen LogP contribution in [-0.2, 0) is 15.6 Å². The van der Waals surface area contributed by atoms with E-state index in [0.29, 0.717) is 28.7 Å². The van der Waals surface area contributed by atoms with Gasteiger partial charge < -0.3 is 19.0 Å². The van der Waals surface area contributed by atoms with Crippen molar-refractivity contribution >= 4 is 9.84 Å². The molecule has 12 heteroatoms. The van der Waals surface area contributed by atoms with Gasteiger partial charge in [0.2, 0.25) is 5.82 Å². The number of sulfone groups is 1. The lowest BCUT2D eigenvalue weighted by molar-refractivity contribution is 0.175. The van der Waals surface area contributed by atoms with E-state index in [0.717, 1.165) is 12.1 Å². The second kappa shape index (κ2) is 10.6. The van der Waals surface area contributed by atoms with Crippen molar-refractivity contribution in [2.75, 3.05) is 14.2 Å². The first-order valence-electron chi connectivity index (χ1n) is 11.4. The summed E-state index contributed by atoms with van der Waals surface area (Å²) >= 11 is 0. The van der Waals surface area contributed by atoms with Gasteiger partial charge in [-0.2, -0.15) is 5.26 Å². The molecule has 4 aromatic rings. The number of halogens is 1. The van der Waals surface area contributed by atoms with Crippen LogP contribution in [-0.4, -0.2) is 47.8 Å². The maximum absolute atomic E-state index is 13.8. The Labute approximate surface area is 218 Å². The summed E-state index contributed by atoms with van der Waals surface area (Å²) in [4.78, 5) is 0. The zero-order valence-electron chi connectivity index (χ0n) is 21.0. The number of para-hydroxylation sites is 1. The number of nitriles is 1. The standard InChI is InChI=1S/C26H25FN4O6S/c1-15-8-11-22(37-15)26-30-29-23(31(26)24-20(35-3)6-5-7-21(24)36-4)14-38(33,34)16(2)25(32)17-9-10-19(27)18(12-17)13-28/h5-12,16,25,32H,14H2,1-4H3/t16-,25-/m0/s1. The second-order valence-electron chi connectivity index (χ2n) is 8.50. The Bertz CT molecular complexity index is 1600. The van der Waals surface area contributed by atoms with E-state index in [-0.39, 0.29) is 22.8 Å². The van der Waals surface area contributed by atoms with Crippen LogP contribution in [0.25, 0.3) is 17.3 Å². The molecule has 198 valence electrons. The van der Waals surface area contributed by atoms with Gasteiger partial charge in [-0.1, -0.05) is 12.1 Å². The van der Waals surface area contributed by atoms with Crippen molar-refractivity contribution < 1.29 is 31.8 Å². The molecular weight excluding hydrogens is 515 g/mol. The number of methoxy groups -OCH3 is 2. The first-order valence-corrected chi connectivity index (χ1v) is 13.1. The van der Waals surface area contributed by atoms with Crippen molar-refractivity contribution in [2.45, 2.75) is 31.0 Å². The minimum atomic E-state index is -4.09. The van der Waals surface area contributed by atoms with Gasteiger partial charge in [-0.05, 0) is 55.8 Å². The van der Waals surface area contributed by atoms with Crippen molar-refractivity contribution in [1.82, 2.24) is 14.8 Å². The van der Waals surface area contributed by atoms with Gasteiger partial charge in [0.15, 0.2) is 21.4 Å².